The minimum Gasteiger partial charge on any atom is -0.450 e. The van der Waals surface area contributed by atoms with Gasteiger partial charge in [-0.05, 0) is 38.5 Å². The van der Waals surface area contributed by atoms with Crippen LogP contribution in [0.5, 0.6) is 0 Å². The van der Waals surface area contributed by atoms with Gasteiger partial charge in [-0.25, -0.2) is 4.79 Å². The molecule has 2 aliphatic rings. The smallest absolute Gasteiger partial charge is 0.409 e. The summed E-state index contributed by atoms with van der Waals surface area (Å²) in [4.78, 5) is 13.5. The summed E-state index contributed by atoms with van der Waals surface area (Å²) in [6.45, 7) is 4.12. The first kappa shape index (κ1) is 16.6. The van der Waals surface area contributed by atoms with Gasteiger partial charge in [0.15, 0.2) is 0 Å². The largest absolute Gasteiger partial charge is 0.450 e. The summed E-state index contributed by atoms with van der Waals surface area (Å²) in [5.74, 6) is 0.399. The average Bonchev–Trinajstić information content (AvgIpc) is 2.73. The molecule has 5 nitrogen and oxygen atoms in total. The second-order valence-corrected chi connectivity index (χ2v) is 6.31. The number of aliphatic hydroxyl groups is 1. The van der Waals surface area contributed by atoms with E-state index in [0.29, 0.717) is 31.2 Å². The third-order valence-electron chi connectivity index (χ3n) is 4.86. The number of aliphatic hydroxyl groups excluding tert-OH is 1. The molecule has 1 saturated carbocycles. The molecule has 0 aromatic rings. The highest BCUT2D eigenvalue weighted by Gasteiger charge is 2.28. The van der Waals surface area contributed by atoms with Gasteiger partial charge in [-0.1, -0.05) is 19.3 Å². The molecule has 2 atom stereocenters. The second-order valence-electron chi connectivity index (χ2n) is 6.31. The molecule has 5 heteroatoms. The van der Waals surface area contributed by atoms with Crippen LogP contribution in [0.1, 0.15) is 51.9 Å². The van der Waals surface area contributed by atoms with Crippen molar-refractivity contribution in [2.24, 2.45) is 5.92 Å². The van der Waals surface area contributed by atoms with Gasteiger partial charge in [-0.3, -0.25) is 0 Å². The number of piperidine rings is 1. The monoisotopic (exact) mass is 298 g/mol. The second kappa shape index (κ2) is 8.59. The SMILES string of the molecule is CCOC(=O)N1CCC(N[C@H]2CCCCC[C@H]2CO)CC1. The fraction of sp³-hybridized carbons (Fsp3) is 0.938. The molecule has 0 bridgehead atoms. The maximum absolute atomic E-state index is 11.7. The molecule has 0 unspecified atom stereocenters. The molecule has 2 rings (SSSR count). The van der Waals surface area contributed by atoms with Gasteiger partial charge in [-0.15, -0.1) is 0 Å². The Hall–Kier alpha value is -0.810. The van der Waals surface area contributed by atoms with Crippen LogP contribution in [0.3, 0.4) is 0 Å². The number of carbonyl (C=O) groups excluding carboxylic acids is 1. The summed E-state index contributed by atoms with van der Waals surface area (Å²) < 4.78 is 5.05. The van der Waals surface area contributed by atoms with Crippen molar-refractivity contribution in [3.05, 3.63) is 0 Å². The topological polar surface area (TPSA) is 61.8 Å². The van der Waals surface area contributed by atoms with Crippen LogP contribution < -0.4 is 5.32 Å². The van der Waals surface area contributed by atoms with Crippen molar-refractivity contribution in [1.29, 1.82) is 0 Å². The Morgan fingerprint density at radius 2 is 1.90 bits per heavy atom. The molecule has 122 valence electrons. The third kappa shape index (κ3) is 4.85. The van der Waals surface area contributed by atoms with Gasteiger partial charge >= 0.3 is 6.09 Å². The minimum absolute atomic E-state index is 0.182. The van der Waals surface area contributed by atoms with Crippen molar-refractivity contribution in [3.63, 3.8) is 0 Å². The number of likely N-dealkylation sites (tertiary alicyclic amines) is 1. The van der Waals surface area contributed by atoms with E-state index in [0.717, 1.165) is 32.4 Å². The molecule has 2 fully saturated rings. The molecule has 1 amide bonds. The van der Waals surface area contributed by atoms with Crippen LogP contribution >= 0.6 is 0 Å². The number of ether oxygens (including phenoxy) is 1. The molecule has 1 aliphatic heterocycles. The van der Waals surface area contributed by atoms with Gasteiger partial charge in [0, 0.05) is 31.8 Å². The zero-order valence-electron chi connectivity index (χ0n) is 13.2. The Bertz CT molecular complexity index is 317. The number of nitrogens with zero attached hydrogens (tertiary/aromatic N) is 1. The molecule has 2 N–H and O–H groups in total. The maximum Gasteiger partial charge on any atom is 0.409 e. The highest BCUT2D eigenvalue weighted by molar-refractivity contribution is 5.67. The number of carbonyl (C=O) groups is 1. The van der Waals surface area contributed by atoms with E-state index in [1.165, 1.54) is 25.7 Å². The fourth-order valence-corrected chi connectivity index (χ4v) is 3.57. The van der Waals surface area contributed by atoms with Crippen molar-refractivity contribution in [1.82, 2.24) is 10.2 Å². The zero-order valence-corrected chi connectivity index (χ0v) is 13.2. The number of rotatable bonds is 4. The number of hydrogen-bond acceptors (Lipinski definition) is 4. The van der Waals surface area contributed by atoms with E-state index in [2.05, 4.69) is 5.32 Å². The van der Waals surface area contributed by atoms with Gasteiger partial charge in [0.25, 0.3) is 0 Å². The van der Waals surface area contributed by atoms with Crippen LogP contribution in [0.4, 0.5) is 4.79 Å². The van der Waals surface area contributed by atoms with E-state index >= 15 is 0 Å². The number of hydrogen-bond donors (Lipinski definition) is 2. The van der Waals surface area contributed by atoms with E-state index in [9.17, 15) is 9.90 Å². The average molecular weight is 298 g/mol. The van der Waals surface area contributed by atoms with Gasteiger partial charge in [0.05, 0.1) is 6.61 Å². The number of amides is 1. The lowest BCUT2D eigenvalue weighted by atomic mass is 9.93. The van der Waals surface area contributed by atoms with Crippen LogP contribution in [0.2, 0.25) is 0 Å². The first-order valence-electron chi connectivity index (χ1n) is 8.53. The van der Waals surface area contributed by atoms with E-state index in [1.54, 1.807) is 4.90 Å². The lowest BCUT2D eigenvalue weighted by molar-refractivity contribution is 0.0916. The van der Waals surface area contributed by atoms with Crippen LogP contribution in [0, 0.1) is 5.92 Å². The summed E-state index contributed by atoms with van der Waals surface area (Å²) in [5.41, 5.74) is 0. The third-order valence-corrected chi connectivity index (χ3v) is 4.86. The predicted molar refractivity (Wildman–Crippen MR) is 82.2 cm³/mol. The fourth-order valence-electron chi connectivity index (χ4n) is 3.57. The Kier molecular flexibility index (Phi) is 6.77. The Balaban J connectivity index is 1.78. The van der Waals surface area contributed by atoms with Crippen LogP contribution in [0.15, 0.2) is 0 Å². The van der Waals surface area contributed by atoms with E-state index < -0.39 is 0 Å². The predicted octanol–water partition coefficient (Wildman–Crippen LogP) is 2.14. The Morgan fingerprint density at radius 3 is 2.57 bits per heavy atom. The summed E-state index contributed by atoms with van der Waals surface area (Å²) >= 11 is 0. The van der Waals surface area contributed by atoms with Gasteiger partial charge in [0.1, 0.15) is 0 Å². The summed E-state index contributed by atoms with van der Waals surface area (Å²) in [7, 11) is 0. The Morgan fingerprint density at radius 1 is 1.19 bits per heavy atom. The lowest BCUT2D eigenvalue weighted by Gasteiger charge is -2.35. The highest BCUT2D eigenvalue weighted by Crippen LogP contribution is 2.24. The van der Waals surface area contributed by atoms with E-state index in [1.807, 2.05) is 6.92 Å². The molecule has 0 aromatic heterocycles. The quantitative estimate of drug-likeness (QED) is 0.781. The van der Waals surface area contributed by atoms with Gasteiger partial charge < -0.3 is 20.1 Å². The van der Waals surface area contributed by atoms with Crippen molar-refractivity contribution >= 4 is 6.09 Å². The molecule has 0 aromatic carbocycles. The number of nitrogens with one attached hydrogen (secondary N) is 1. The first-order chi connectivity index (χ1) is 10.2. The Labute approximate surface area is 128 Å². The van der Waals surface area contributed by atoms with Crippen LogP contribution in [-0.2, 0) is 4.74 Å². The first-order valence-corrected chi connectivity index (χ1v) is 8.53. The van der Waals surface area contributed by atoms with Gasteiger partial charge in [-0.2, -0.15) is 0 Å². The standard InChI is InChI=1S/C16H30N2O3/c1-2-21-16(20)18-10-8-14(9-11-18)17-15-7-5-3-4-6-13(15)12-19/h13-15,17,19H,2-12H2,1H3/t13-,15-/m0/s1. The van der Waals surface area contributed by atoms with Crippen LogP contribution in [-0.4, -0.2) is 54.5 Å². The molecule has 1 aliphatic carbocycles. The highest BCUT2D eigenvalue weighted by atomic mass is 16.6. The van der Waals surface area contributed by atoms with Crippen molar-refractivity contribution < 1.29 is 14.6 Å². The van der Waals surface area contributed by atoms with Crippen molar-refractivity contribution in [2.75, 3.05) is 26.3 Å². The molecular weight excluding hydrogens is 268 g/mol. The molecule has 21 heavy (non-hydrogen) atoms. The minimum atomic E-state index is -0.182. The van der Waals surface area contributed by atoms with Crippen LogP contribution in [0.25, 0.3) is 0 Å². The van der Waals surface area contributed by atoms with Crippen molar-refractivity contribution in [2.45, 2.75) is 64.0 Å². The normalized spacial score (nSPS) is 28.2. The lowest BCUT2D eigenvalue weighted by Crippen LogP contribution is -2.50. The van der Waals surface area contributed by atoms with Crippen molar-refractivity contribution in [3.8, 4) is 0 Å². The summed E-state index contributed by atoms with van der Waals surface area (Å²) in [6.07, 6.45) is 7.87. The zero-order chi connectivity index (χ0) is 15.1. The molecule has 0 spiro atoms. The van der Waals surface area contributed by atoms with E-state index in [4.69, 9.17) is 4.74 Å². The maximum atomic E-state index is 11.7. The summed E-state index contributed by atoms with van der Waals surface area (Å²) in [5, 5.41) is 13.3. The molecule has 1 saturated heterocycles. The van der Waals surface area contributed by atoms with Gasteiger partial charge in [0.2, 0.25) is 0 Å². The van der Waals surface area contributed by atoms with E-state index in [-0.39, 0.29) is 6.09 Å². The summed E-state index contributed by atoms with van der Waals surface area (Å²) in [6, 6.07) is 0.907. The molecular formula is C16H30N2O3. The molecule has 1 heterocycles. The molecule has 0 radical (unpaired) electrons.